The second-order valence-electron chi connectivity index (χ2n) is 3.98. The van der Waals surface area contributed by atoms with Crippen LogP contribution < -0.4 is 11.0 Å². The molecule has 1 aromatic carbocycles. The Morgan fingerprint density at radius 3 is 2.68 bits per heavy atom. The Bertz CT molecular complexity index is 590. The molecule has 0 saturated heterocycles. The molecule has 1 unspecified atom stereocenters. The lowest BCUT2D eigenvalue weighted by Crippen LogP contribution is -2.30. The molecule has 1 atom stereocenters. The number of carbonyl (C=O) groups is 1. The fourth-order valence-corrected chi connectivity index (χ4v) is 1.74. The van der Waals surface area contributed by atoms with Crippen molar-refractivity contribution in [3.05, 3.63) is 52.2 Å². The number of nitrogens with zero attached hydrogens (tertiary/aromatic N) is 1. The molecule has 19 heavy (non-hydrogen) atoms. The molecule has 1 aromatic heterocycles. The van der Waals surface area contributed by atoms with Crippen LogP contribution in [-0.4, -0.2) is 32.8 Å². The van der Waals surface area contributed by atoms with Gasteiger partial charge in [0.2, 0.25) is 5.82 Å². The van der Waals surface area contributed by atoms with Crippen LogP contribution in [-0.2, 0) is 0 Å². The summed E-state index contributed by atoms with van der Waals surface area (Å²) in [5, 5.41) is 17.4. The highest BCUT2D eigenvalue weighted by Gasteiger charge is 2.17. The number of benzene rings is 1. The molecular weight excluding hydrogens is 248 g/mol. The molecule has 0 aliphatic rings. The van der Waals surface area contributed by atoms with Crippen LogP contribution in [0.3, 0.4) is 0 Å². The standard InChI is InChI=1S/C12H14N4O3/c17-7-6-9(8-4-2-1-3-5-8)13-11(18)10-14-12(19)16-15-10/h1-5,9,17H,6-7H2,(H,13,18)(H2,14,15,16,19). The summed E-state index contributed by atoms with van der Waals surface area (Å²) in [7, 11) is 0. The van der Waals surface area contributed by atoms with Crippen molar-refractivity contribution in [1.29, 1.82) is 0 Å². The predicted octanol–water partition coefficient (Wildman–Crippen LogP) is -0.0485. The molecule has 1 heterocycles. The monoisotopic (exact) mass is 262 g/mol. The Kier molecular flexibility index (Phi) is 4.09. The van der Waals surface area contributed by atoms with Crippen LogP contribution in [0.4, 0.5) is 0 Å². The Morgan fingerprint density at radius 1 is 1.37 bits per heavy atom. The SMILES string of the molecule is O=C(NC(CCO)c1ccccc1)c1n[nH]c(=O)[nH]1. The smallest absolute Gasteiger partial charge is 0.341 e. The minimum atomic E-state index is -0.538. The van der Waals surface area contributed by atoms with Crippen molar-refractivity contribution in [2.75, 3.05) is 6.61 Å². The fourth-order valence-electron chi connectivity index (χ4n) is 1.74. The van der Waals surface area contributed by atoms with E-state index in [2.05, 4.69) is 20.5 Å². The van der Waals surface area contributed by atoms with Crippen molar-refractivity contribution >= 4 is 5.91 Å². The minimum Gasteiger partial charge on any atom is -0.396 e. The topological polar surface area (TPSA) is 111 Å². The fraction of sp³-hybridized carbons (Fsp3) is 0.250. The molecule has 100 valence electrons. The van der Waals surface area contributed by atoms with Gasteiger partial charge in [0.1, 0.15) is 0 Å². The maximum absolute atomic E-state index is 11.9. The molecule has 0 saturated carbocycles. The second kappa shape index (κ2) is 5.96. The van der Waals surface area contributed by atoms with Crippen LogP contribution in [0.15, 0.2) is 35.1 Å². The van der Waals surface area contributed by atoms with Crippen LogP contribution in [0.1, 0.15) is 28.6 Å². The highest BCUT2D eigenvalue weighted by atomic mass is 16.3. The summed E-state index contributed by atoms with van der Waals surface area (Å²) in [4.78, 5) is 25.0. The summed E-state index contributed by atoms with van der Waals surface area (Å²) < 4.78 is 0. The number of carbonyl (C=O) groups excluding carboxylic acids is 1. The Balaban J connectivity index is 2.13. The third kappa shape index (κ3) is 3.29. The van der Waals surface area contributed by atoms with Gasteiger partial charge in [0.15, 0.2) is 0 Å². The normalized spacial score (nSPS) is 12.1. The Labute approximate surface area is 108 Å². The van der Waals surface area contributed by atoms with Crippen molar-refractivity contribution in [3.8, 4) is 0 Å². The third-order valence-corrected chi connectivity index (χ3v) is 2.64. The zero-order chi connectivity index (χ0) is 13.7. The van der Waals surface area contributed by atoms with Gasteiger partial charge in [0, 0.05) is 6.61 Å². The highest BCUT2D eigenvalue weighted by molar-refractivity contribution is 5.90. The zero-order valence-corrected chi connectivity index (χ0v) is 10.1. The van der Waals surface area contributed by atoms with E-state index in [1.165, 1.54) is 0 Å². The van der Waals surface area contributed by atoms with Gasteiger partial charge < -0.3 is 10.4 Å². The first-order valence-corrected chi connectivity index (χ1v) is 5.82. The van der Waals surface area contributed by atoms with Crippen molar-refractivity contribution in [2.45, 2.75) is 12.5 Å². The number of aliphatic hydroxyl groups excluding tert-OH is 1. The second-order valence-corrected chi connectivity index (χ2v) is 3.98. The van der Waals surface area contributed by atoms with Gasteiger partial charge in [-0.15, -0.1) is 5.10 Å². The maximum atomic E-state index is 11.9. The first-order valence-electron chi connectivity index (χ1n) is 5.82. The van der Waals surface area contributed by atoms with E-state index in [0.717, 1.165) is 5.56 Å². The number of nitrogens with one attached hydrogen (secondary N) is 3. The van der Waals surface area contributed by atoms with Crippen LogP contribution in [0.25, 0.3) is 0 Å². The van der Waals surface area contributed by atoms with Gasteiger partial charge in [-0.1, -0.05) is 30.3 Å². The Hall–Kier alpha value is -2.41. The molecule has 4 N–H and O–H groups in total. The average molecular weight is 262 g/mol. The van der Waals surface area contributed by atoms with Gasteiger partial charge in [0.05, 0.1) is 6.04 Å². The molecule has 7 heteroatoms. The van der Waals surface area contributed by atoms with Crippen LogP contribution >= 0.6 is 0 Å². The van der Waals surface area contributed by atoms with Gasteiger partial charge >= 0.3 is 5.69 Å². The molecule has 2 aromatic rings. The maximum Gasteiger partial charge on any atom is 0.341 e. The molecule has 0 aliphatic carbocycles. The number of amides is 1. The van der Waals surface area contributed by atoms with E-state index in [4.69, 9.17) is 5.11 Å². The summed E-state index contributed by atoms with van der Waals surface area (Å²) in [6.45, 7) is -0.0586. The molecule has 0 bridgehead atoms. The van der Waals surface area contributed by atoms with Crippen molar-refractivity contribution in [3.63, 3.8) is 0 Å². The first kappa shape index (κ1) is 13.0. The largest absolute Gasteiger partial charge is 0.396 e. The van der Waals surface area contributed by atoms with Gasteiger partial charge in [-0.2, -0.15) is 0 Å². The number of aromatic nitrogens is 3. The van der Waals surface area contributed by atoms with Crippen molar-refractivity contribution < 1.29 is 9.90 Å². The summed E-state index contributed by atoms with van der Waals surface area (Å²) in [6, 6.07) is 8.94. The van der Waals surface area contributed by atoms with Crippen LogP contribution in [0.2, 0.25) is 0 Å². The predicted molar refractivity (Wildman–Crippen MR) is 67.6 cm³/mol. The molecular formula is C12H14N4O3. The zero-order valence-electron chi connectivity index (χ0n) is 10.1. The summed E-state index contributed by atoms with van der Waals surface area (Å²) in [5.41, 5.74) is 0.339. The number of rotatable bonds is 5. The molecule has 0 spiro atoms. The van der Waals surface area contributed by atoms with Crippen LogP contribution in [0, 0.1) is 0 Å². The average Bonchev–Trinajstić information content (AvgIpc) is 2.86. The molecule has 1 amide bonds. The van der Waals surface area contributed by atoms with Gasteiger partial charge in [0.25, 0.3) is 5.91 Å². The lowest BCUT2D eigenvalue weighted by atomic mass is 10.0. The third-order valence-electron chi connectivity index (χ3n) is 2.64. The molecule has 7 nitrogen and oxygen atoms in total. The number of hydrogen-bond acceptors (Lipinski definition) is 4. The summed E-state index contributed by atoms with van der Waals surface area (Å²) in [6.07, 6.45) is 0.379. The van der Waals surface area contributed by atoms with Crippen molar-refractivity contribution in [2.24, 2.45) is 0 Å². The highest BCUT2D eigenvalue weighted by Crippen LogP contribution is 2.16. The van der Waals surface area contributed by atoms with E-state index in [9.17, 15) is 9.59 Å². The quantitative estimate of drug-likeness (QED) is 0.605. The van der Waals surface area contributed by atoms with Crippen molar-refractivity contribution in [1.82, 2.24) is 20.5 Å². The number of H-pyrrole nitrogens is 2. The van der Waals surface area contributed by atoms with E-state index in [1.54, 1.807) is 0 Å². The van der Waals surface area contributed by atoms with E-state index >= 15 is 0 Å². The number of hydrogen-bond donors (Lipinski definition) is 4. The van der Waals surface area contributed by atoms with E-state index in [0.29, 0.717) is 6.42 Å². The van der Waals surface area contributed by atoms with E-state index in [-0.39, 0.29) is 18.5 Å². The van der Waals surface area contributed by atoms with E-state index in [1.807, 2.05) is 30.3 Å². The lowest BCUT2D eigenvalue weighted by Gasteiger charge is -2.17. The van der Waals surface area contributed by atoms with E-state index < -0.39 is 11.6 Å². The van der Waals surface area contributed by atoms with Gasteiger partial charge in [-0.05, 0) is 12.0 Å². The molecule has 0 aliphatic heterocycles. The number of aromatic amines is 2. The number of aliphatic hydroxyl groups is 1. The first-order chi connectivity index (χ1) is 9.20. The van der Waals surface area contributed by atoms with Crippen LogP contribution in [0.5, 0.6) is 0 Å². The minimum absolute atomic E-state index is 0.0586. The summed E-state index contributed by atoms with van der Waals surface area (Å²) >= 11 is 0. The van der Waals surface area contributed by atoms with Gasteiger partial charge in [-0.3, -0.25) is 9.78 Å². The molecule has 0 radical (unpaired) electrons. The lowest BCUT2D eigenvalue weighted by molar-refractivity contribution is 0.0919. The molecule has 2 rings (SSSR count). The van der Waals surface area contributed by atoms with Gasteiger partial charge in [-0.25, -0.2) is 9.89 Å². The summed E-state index contributed by atoms with van der Waals surface area (Å²) in [5.74, 6) is -0.579. The Morgan fingerprint density at radius 2 is 2.11 bits per heavy atom. The molecule has 0 fully saturated rings.